The minimum absolute atomic E-state index is 0.246. The van der Waals surface area contributed by atoms with Gasteiger partial charge in [-0.2, -0.15) is 0 Å². The van der Waals surface area contributed by atoms with Crippen LogP contribution in [0.5, 0.6) is 0 Å². The zero-order chi connectivity index (χ0) is 25.0. The number of benzene rings is 3. The quantitative estimate of drug-likeness (QED) is 0.352. The number of aliphatic hydroxyl groups excluding tert-OH is 1. The van der Waals surface area contributed by atoms with E-state index in [1.165, 1.54) is 0 Å². The summed E-state index contributed by atoms with van der Waals surface area (Å²) in [5, 5.41) is 10.2. The molecule has 0 bridgehead atoms. The molecule has 1 saturated heterocycles. The summed E-state index contributed by atoms with van der Waals surface area (Å²) < 4.78 is 31.3. The Morgan fingerprint density at radius 1 is 0.639 bits per heavy atom. The van der Waals surface area contributed by atoms with Gasteiger partial charge in [0.1, 0.15) is 24.4 Å². The third-order valence-corrected chi connectivity index (χ3v) is 6.01. The first-order valence-corrected chi connectivity index (χ1v) is 12.2. The number of ether oxygens (including phenoxy) is 5. The molecule has 190 valence electrons. The number of hydrogen-bond donors (Lipinski definition) is 1. The second-order valence-electron chi connectivity index (χ2n) is 8.63. The van der Waals surface area contributed by atoms with Crippen LogP contribution < -0.4 is 0 Å². The maximum absolute atomic E-state index is 10.2. The summed E-state index contributed by atoms with van der Waals surface area (Å²) >= 11 is 0. The molecule has 6 nitrogen and oxygen atoms in total. The maximum atomic E-state index is 10.2. The Kier molecular flexibility index (Phi) is 10.2. The highest BCUT2D eigenvalue weighted by Gasteiger charge is 2.48. The van der Waals surface area contributed by atoms with Crippen molar-refractivity contribution >= 4 is 0 Å². The van der Waals surface area contributed by atoms with E-state index in [0.717, 1.165) is 16.7 Å². The van der Waals surface area contributed by atoms with Crippen LogP contribution in [0.25, 0.3) is 0 Å². The molecule has 5 atom stereocenters. The van der Waals surface area contributed by atoms with Gasteiger partial charge in [-0.15, -0.1) is 6.58 Å². The third kappa shape index (κ3) is 7.34. The van der Waals surface area contributed by atoms with Gasteiger partial charge in [0.2, 0.25) is 0 Å². The van der Waals surface area contributed by atoms with Crippen molar-refractivity contribution in [3.63, 3.8) is 0 Å². The Morgan fingerprint density at radius 2 is 1.08 bits per heavy atom. The Bertz CT molecular complexity index is 1010. The molecule has 1 aliphatic rings. The lowest BCUT2D eigenvalue weighted by Gasteiger charge is -2.45. The van der Waals surface area contributed by atoms with Gasteiger partial charge in [0.15, 0.2) is 6.29 Å². The lowest BCUT2D eigenvalue weighted by Crippen LogP contribution is -2.61. The Balaban J connectivity index is 1.59. The summed E-state index contributed by atoms with van der Waals surface area (Å²) in [5.74, 6) is 0. The number of aliphatic hydroxyl groups is 1. The molecule has 0 spiro atoms. The zero-order valence-electron chi connectivity index (χ0n) is 20.4. The first-order valence-electron chi connectivity index (χ1n) is 12.2. The van der Waals surface area contributed by atoms with Crippen molar-refractivity contribution in [2.24, 2.45) is 0 Å². The fourth-order valence-corrected chi connectivity index (χ4v) is 4.19. The summed E-state index contributed by atoms with van der Waals surface area (Å²) in [7, 11) is 0. The van der Waals surface area contributed by atoms with Crippen LogP contribution in [-0.4, -0.2) is 49.0 Å². The molecule has 4 rings (SSSR count). The van der Waals surface area contributed by atoms with E-state index in [2.05, 4.69) is 6.58 Å². The van der Waals surface area contributed by atoms with Crippen LogP contribution in [0.2, 0.25) is 0 Å². The molecule has 0 aromatic heterocycles. The average molecular weight is 491 g/mol. The predicted molar refractivity (Wildman–Crippen MR) is 137 cm³/mol. The molecule has 0 aliphatic carbocycles. The van der Waals surface area contributed by atoms with Crippen LogP contribution in [0, 0.1) is 0 Å². The van der Waals surface area contributed by atoms with Crippen LogP contribution in [-0.2, 0) is 43.5 Å². The van der Waals surface area contributed by atoms with Crippen molar-refractivity contribution in [1.29, 1.82) is 0 Å². The highest BCUT2D eigenvalue weighted by molar-refractivity contribution is 5.15. The molecule has 1 N–H and O–H groups in total. The van der Waals surface area contributed by atoms with E-state index in [-0.39, 0.29) is 13.2 Å². The van der Waals surface area contributed by atoms with Crippen molar-refractivity contribution in [1.82, 2.24) is 0 Å². The van der Waals surface area contributed by atoms with Gasteiger partial charge >= 0.3 is 0 Å². The SMILES string of the molecule is C=CCO[C@H]1OC(CO)[C@@H](OCc2ccccc2)C(OCc2ccccc2)C1OCc1ccccc1. The Hall–Kier alpha value is -2.84. The topological polar surface area (TPSA) is 66.4 Å². The average Bonchev–Trinajstić information content (AvgIpc) is 2.94. The second kappa shape index (κ2) is 14.0. The van der Waals surface area contributed by atoms with Crippen molar-refractivity contribution < 1.29 is 28.8 Å². The molecule has 3 aromatic rings. The van der Waals surface area contributed by atoms with Crippen LogP contribution >= 0.6 is 0 Å². The van der Waals surface area contributed by atoms with E-state index in [1.54, 1.807) is 6.08 Å². The minimum Gasteiger partial charge on any atom is -0.394 e. The normalized spacial score (nSPS) is 23.9. The smallest absolute Gasteiger partial charge is 0.187 e. The monoisotopic (exact) mass is 490 g/mol. The second-order valence-corrected chi connectivity index (χ2v) is 8.63. The van der Waals surface area contributed by atoms with Gasteiger partial charge in [-0.05, 0) is 16.7 Å². The van der Waals surface area contributed by atoms with E-state index >= 15 is 0 Å². The first-order chi connectivity index (χ1) is 17.8. The van der Waals surface area contributed by atoms with Crippen LogP contribution in [0.3, 0.4) is 0 Å². The van der Waals surface area contributed by atoms with E-state index < -0.39 is 30.7 Å². The summed E-state index contributed by atoms with van der Waals surface area (Å²) in [4.78, 5) is 0. The molecule has 3 unspecified atom stereocenters. The van der Waals surface area contributed by atoms with Crippen LogP contribution in [0.4, 0.5) is 0 Å². The first kappa shape index (κ1) is 26.2. The molecule has 36 heavy (non-hydrogen) atoms. The van der Waals surface area contributed by atoms with E-state index in [0.29, 0.717) is 19.8 Å². The summed E-state index contributed by atoms with van der Waals surface area (Å²) in [5.41, 5.74) is 3.06. The lowest BCUT2D eigenvalue weighted by atomic mass is 9.98. The molecule has 0 amide bonds. The van der Waals surface area contributed by atoms with Gasteiger partial charge in [-0.25, -0.2) is 0 Å². The van der Waals surface area contributed by atoms with E-state index in [9.17, 15) is 5.11 Å². The highest BCUT2D eigenvalue weighted by Crippen LogP contribution is 2.31. The van der Waals surface area contributed by atoms with Crippen molar-refractivity contribution in [3.05, 3.63) is 120 Å². The van der Waals surface area contributed by atoms with Crippen molar-refractivity contribution in [2.75, 3.05) is 13.2 Å². The summed E-state index contributed by atoms with van der Waals surface area (Å²) in [6.45, 7) is 4.83. The molecule has 1 heterocycles. The number of rotatable bonds is 13. The predicted octanol–water partition coefficient (Wildman–Crippen LogP) is 4.66. The maximum Gasteiger partial charge on any atom is 0.187 e. The van der Waals surface area contributed by atoms with Gasteiger partial charge in [-0.3, -0.25) is 0 Å². The molecule has 0 radical (unpaired) electrons. The Morgan fingerprint density at radius 3 is 1.53 bits per heavy atom. The van der Waals surface area contributed by atoms with Gasteiger partial charge in [-0.1, -0.05) is 97.1 Å². The van der Waals surface area contributed by atoms with Crippen LogP contribution in [0.1, 0.15) is 16.7 Å². The largest absolute Gasteiger partial charge is 0.394 e. The standard InChI is InChI=1S/C30H34O6/c1-2-18-32-30-29(35-22-25-16-10-5-11-17-25)28(34-21-24-14-8-4-9-15-24)27(26(19-31)36-30)33-20-23-12-6-3-7-13-23/h2-17,26-31H,1,18-22H2/t26?,27-,28?,29?,30+/m1/s1. The third-order valence-electron chi connectivity index (χ3n) is 6.01. The van der Waals surface area contributed by atoms with Gasteiger partial charge < -0.3 is 28.8 Å². The van der Waals surface area contributed by atoms with Gasteiger partial charge in [0.25, 0.3) is 0 Å². The molecule has 0 saturated carbocycles. The molecular formula is C30H34O6. The fourth-order valence-electron chi connectivity index (χ4n) is 4.19. The van der Waals surface area contributed by atoms with Crippen LogP contribution in [0.15, 0.2) is 104 Å². The van der Waals surface area contributed by atoms with Crippen molar-refractivity contribution in [2.45, 2.75) is 50.5 Å². The zero-order valence-corrected chi connectivity index (χ0v) is 20.4. The molecule has 1 fully saturated rings. The molecule has 3 aromatic carbocycles. The fraction of sp³-hybridized carbons (Fsp3) is 0.333. The summed E-state index contributed by atoms with van der Waals surface area (Å²) in [6.07, 6.45) is -1.50. The highest BCUT2D eigenvalue weighted by atomic mass is 16.7. The van der Waals surface area contributed by atoms with Gasteiger partial charge in [0, 0.05) is 0 Å². The molecular weight excluding hydrogens is 456 g/mol. The minimum atomic E-state index is -0.763. The van der Waals surface area contributed by atoms with Gasteiger partial charge in [0.05, 0.1) is 33.0 Å². The molecule has 1 aliphatic heterocycles. The van der Waals surface area contributed by atoms with E-state index in [4.69, 9.17) is 23.7 Å². The lowest BCUT2D eigenvalue weighted by molar-refractivity contribution is -0.324. The molecule has 6 heteroatoms. The Labute approximate surface area is 213 Å². The van der Waals surface area contributed by atoms with Crippen molar-refractivity contribution in [3.8, 4) is 0 Å². The summed E-state index contributed by atoms with van der Waals surface area (Å²) in [6, 6.07) is 29.7. The number of hydrogen-bond acceptors (Lipinski definition) is 6. The van der Waals surface area contributed by atoms with E-state index in [1.807, 2.05) is 91.0 Å².